The van der Waals surface area contributed by atoms with Gasteiger partial charge in [0.15, 0.2) is 0 Å². The number of aromatic nitrogens is 1. The van der Waals surface area contributed by atoms with Crippen molar-refractivity contribution in [3.63, 3.8) is 0 Å². The van der Waals surface area contributed by atoms with Gasteiger partial charge in [-0.2, -0.15) is 0 Å². The van der Waals surface area contributed by atoms with Crippen molar-refractivity contribution in [3.05, 3.63) is 66.0 Å². The Bertz CT molecular complexity index is 521. The second-order valence-electron chi connectivity index (χ2n) is 4.71. The van der Waals surface area contributed by atoms with Gasteiger partial charge in [-0.3, -0.25) is 9.78 Å². The number of rotatable bonds is 8. The Kier molecular flexibility index (Phi) is 6.54. The molecule has 0 saturated heterocycles. The summed E-state index contributed by atoms with van der Waals surface area (Å²) in [5.41, 5.74) is 1.77. The van der Waals surface area contributed by atoms with Crippen LogP contribution in [-0.2, 0) is 14.3 Å². The van der Waals surface area contributed by atoms with Gasteiger partial charge in [0, 0.05) is 13.3 Å². The van der Waals surface area contributed by atoms with E-state index in [1.165, 1.54) is 0 Å². The number of carbonyl (C=O) groups excluding carboxylic acids is 1. The zero-order valence-electron chi connectivity index (χ0n) is 12.6. The molecular formula is C17H20N2O3. The van der Waals surface area contributed by atoms with Crippen molar-refractivity contribution >= 4 is 5.91 Å². The van der Waals surface area contributed by atoms with Crippen molar-refractivity contribution in [1.82, 2.24) is 10.3 Å². The zero-order valence-corrected chi connectivity index (χ0v) is 12.6. The quantitative estimate of drug-likeness (QED) is 0.757. The van der Waals surface area contributed by atoms with Gasteiger partial charge >= 0.3 is 0 Å². The number of benzene rings is 1. The highest BCUT2D eigenvalue weighted by molar-refractivity contribution is 5.78. The molecule has 0 fully saturated rings. The summed E-state index contributed by atoms with van der Waals surface area (Å²) in [6.45, 7) is 0.860. The lowest BCUT2D eigenvalue weighted by Crippen LogP contribution is -2.33. The van der Waals surface area contributed by atoms with E-state index in [0.717, 1.165) is 11.3 Å². The third kappa shape index (κ3) is 4.95. The molecule has 1 N–H and O–H groups in total. The topological polar surface area (TPSA) is 60.5 Å². The van der Waals surface area contributed by atoms with Gasteiger partial charge < -0.3 is 14.8 Å². The van der Waals surface area contributed by atoms with Crippen LogP contribution in [0.4, 0.5) is 0 Å². The summed E-state index contributed by atoms with van der Waals surface area (Å²) in [7, 11) is 1.59. The smallest absolute Gasteiger partial charge is 0.246 e. The average molecular weight is 300 g/mol. The van der Waals surface area contributed by atoms with E-state index in [1.807, 2.05) is 48.5 Å². The lowest BCUT2D eigenvalue weighted by Gasteiger charge is -2.18. The first-order chi connectivity index (χ1) is 10.8. The molecule has 116 valence electrons. The summed E-state index contributed by atoms with van der Waals surface area (Å²) < 4.78 is 10.1. The maximum absolute atomic E-state index is 12.1. The molecule has 5 heteroatoms. The molecule has 1 amide bonds. The molecule has 2 rings (SSSR count). The molecule has 1 aromatic heterocycles. The fraction of sp³-hybridized carbons (Fsp3) is 0.294. The Morgan fingerprint density at radius 1 is 1.14 bits per heavy atom. The average Bonchev–Trinajstić information content (AvgIpc) is 2.58. The molecule has 1 atom stereocenters. The van der Waals surface area contributed by atoms with Gasteiger partial charge in [-0.1, -0.05) is 36.4 Å². The molecule has 0 spiro atoms. The van der Waals surface area contributed by atoms with Crippen molar-refractivity contribution in [1.29, 1.82) is 0 Å². The predicted octanol–water partition coefficient (Wildman–Crippen LogP) is 1.95. The summed E-state index contributed by atoms with van der Waals surface area (Å²) in [5.74, 6) is -0.185. The first kappa shape index (κ1) is 16.1. The highest BCUT2D eigenvalue weighted by Gasteiger charge is 2.17. The van der Waals surface area contributed by atoms with Gasteiger partial charge in [0.2, 0.25) is 5.91 Å². The molecule has 0 aliphatic carbocycles. The lowest BCUT2D eigenvalue weighted by molar-refractivity contribution is -0.126. The maximum Gasteiger partial charge on any atom is 0.246 e. The van der Waals surface area contributed by atoms with Crippen molar-refractivity contribution < 1.29 is 14.3 Å². The standard InChI is InChI=1S/C17H20N2O3/c1-21-11-12-22-13-16(20)19-17(14-7-3-2-4-8-14)15-9-5-6-10-18-15/h2-10,17H,11-13H2,1H3,(H,19,20). The molecule has 0 bridgehead atoms. The molecule has 0 saturated carbocycles. The Hall–Kier alpha value is -2.24. The van der Waals surface area contributed by atoms with Crippen molar-refractivity contribution in [3.8, 4) is 0 Å². The van der Waals surface area contributed by atoms with Gasteiger partial charge in [-0.15, -0.1) is 0 Å². The Morgan fingerprint density at radius 3 is 2.59 bits per heavy atom. The predicted molar refractivity (Wildman–Crippen MR) is 83.4 cm³/mol. The van der Waals surface area contributed by atoms with Crippen LogP contribution in [0.2, 0.25) is 0 Å². The second kappa shape index (κ2) is 8.92. The van der Waals surface area contributed by atoms with E-state index in [9.17, 15) is 4.79 Å². The van der Waals surface area contributed by atoms with Gasteiger partial charge in [-0.25, -0.2) is 0 Å². The number of hydrogen-bond acceptors (Lipinski definition) is 4. The fourth-order valence-electron chi connectivity index (χ4n) is 2.03. The number of nitrogens with one attached hydrogen (secondary N) is 1. The number of pyridine rings is 1. The third-order valence-corrected chi connectivity index (χ3v) is 3.09. The van der Waals surface area contributed by atoms with Crippen LogP contribution >= 0.6 is 0 Å². The summed E-state index contributed by atoms with van der Waals surface area (Å²) in [6, 6.07) is 15.1. The van der Waals surface area contributed by atoms with Crippen molar-refractivity contribution in [2.45, 2.75) is 6.04 Å². The molecule has 22 heavy (non-hydrogen) atoms. The Labute approximate surface area is 130 Å². The lowest BCUT2D eigenvalue weighted by atomic mass is 10.0. The van der Waals surface area contributed by atoms with Crippen LogP contribution in [0.25, 0.3) is 0 Å². The van der Waals surface area contributed by atoms with E-state index in [4.69, 9.17) is 9.47 Å². The molecular weight excluding hydrogens is 280 g/mol. The van der Waals surface area contributed by atoms with E-state index in [-0.39, 0.29) is 18.6 Å². The summed E-state index contributed by atoms with van der Waals surface area (Å²) in [4.78, 5) is 16.4. The largest absolute Gasteiger partial charge is 0.382 e. The van der Waals surface area contributed by atoms with Gasteiger partial charge in [0.25, 0.3) is 0 Å². The summed E-state index contributed by atoms with van der Waals surface area (Å²) >= 11 is 0. The van der Waals surface area contributed by atoms with Crippen LogP contribution < -0.4 is 5.32 Å². The van der Waals surface area contributed by atoms with Crippen molar-refractivity contribution in [2.75, 3.05) is 26.9 Å². The second-order valence-corrected chi connectivity index (χ2v) is 4.71. The number of nitrogens with zero attached hydrogens (tertiary/aromatic N) is 1. The number of ether oxygens (including phenoxy) is 2. The summed E-state index contributed by atoms with van der Waals surface area (Å²) in [5, 5.41) is 2.96. The van der Waals surface area contributed by atoms with Crippen LogP contribution in [-0.4, -0.2) is 37.8 Å². The van der Waals surface area contributed by atoms with E-state index >= 15 is 0 Å². The molecule has 0 aliphatic rings. The molecule has 0 aliphatic heterocycles. The first-order valence-corrected chi connectivity index (χ1v) is 7.13. The van der Waals surface area contributed by atoms with E-state index in [0.29, 0.717) is 13.2 Å². The monoisotopic (exact) mass is 300 g/mol. The highest BCUT2D eigenvalue weighted by atomic mass is 16.5. The molecule has 0 radical (unpaired) electrons. The molecule has 1 aromatic carbocycles. The minimum absolute atomic E-state index is 0.000469. The van der Waals surface area contributed by atoms with Crippen LogP contribution in [0.15, 0.2) is 54.7 Å². The van der Waals surface area contributed by atoms with E-state index in [2.05, 4.69) is 10.3 Å². The maximum atomic E-state index is 12.1. The minimum atomic E-state index is -0.291. The first-order valence-electron chi connectivity index (χ1n) is 7.13. The van der Waals surface area contributed by atoms with Crippen LogP contribution in [0.1, 0.15) is 17.3 Å². The molecule has 1 unspecified atom stereocenters. The van der Waals surface area contributed by atoms with Gasteiger partial charge in [0.1, 0.15) is 6.61 Å². The SMILES string of the molecule is COCCOCC(=O)NC(c1ccccc1)c1ccccn1. The number of amides is 1. The Morgan fingerprint density at radius 2 is 1.91 bits per heavy atom. The van der Waals surface area contributed by atoms with Crippen molar-refractivity contribution in [2.24, 2.45) is 0 Å². The third-order valence-electron chi connectivity index (χ3n) is 3.09. The van der Waals surface area contributed by atoms with E-state index < -0.39 is 0 Å². The number of methoxy groups -OCH3 is 1. The zero-order chi connectivity index (χ0) is 15.6. The van der Waals surface area contributed by atoms with Crippen LogP contribution in [0, 0.1) is 0 Å². The Balaban J connectivity index is 2.04. The summed E-state index contributed by atoms with van der Waals surface area (Å²) in [6.07, 6.45) is 1.71. The molecule has 1 heterocycles. The molecule has 5 nitrogen and oxygen atoms in total. The minimum Gasteiger partial charge on any atom is -0.382 e. The normalized spacial score (nSPS) is 11.9. The number of carbonyl (C=O) groups is 1. The van der Waals surface area contributed by atoms with E-state index in [1.54, 1.807) is 13.3 Å². The number of hydrogen-bond donors (Lipinski definition) is 1. The van der Waals surface area contributed by atoms with Crippen LogP contribution in [0.5, 0.6) is 0 Å². The van der Waals surface area contributed by atoms with Crippen LogP contribution in [0.3, 0.4) is 0 Å². The highest BCUT2D eigenvalue weighted by Crippen LogP contribution is 2.19. The van der Waals surface area contributed by atoms with Gasteiger partial charge in [0.05, 0.1) is 24.9 Å². The van der Waals surface area contributed by atoms with Gasteiger partial charge in [-0.05, 0) is 17.7 Å². The molecule has 2 aromatic rings. The fourth-order valence-corrected chi connectivity index (χ4v) is 2.03.